The van der Waals surface area contributed by atoms with Crippen LogP contribution in [0.3, 0.4) is 0 Å². The maximum absolute atomic E-state index is 12.2. The summed E-state index contributed by atoms with van der Waals surface area (Å²) < 4.78 is 15.0. The van der Waals surface area contributed by atoms with Crippen molar-refractivity contribution in [3.63, 3.8) is 0 Å². The number of nitrogens with zero attached hydrogens (tertiary/aromatic N) is 1. The van der Waals surface area contributed by atoms with E-state index in [1.54, 1.807) is 18.2 Å². The first-order valence-electron chi connectivity index (χ1n) is 7.10. The molecule has 1 N–H and O–H groups in total. The van der Waals surface area contributed by atoms with Crippen LogP contribution < -0.4 is 14.8 Å². The Balaban J connectivity index is 2.01. The second-order valence-electron chi connectivity index (χ2n) is 4.77. The van der Waals surface area contributed by atoms with Crippen molar-refractivity contribution < 1.29 is 23.8 Å². The molecule has 7 nitrogen and oxygen atoms in total. The van der Waals surface area contributed by atoms with Gasteiger partial charge in [0, 0.05) is 10.9 Å². The van der Waals surface area contributed by atoms with Gasteiger partial charge in [-0.05, 0) is 25.1 Å². The standard InChI is InChI=1S/C16H18N2O5S/c1-10-18-12(9-24-10)7-17-16(20)11-4-5-13(14(6-11)21-2)23-8-15(19)22-3/h4-6,9H,7-8H2,1-3H3,(H,17,20). The van der Waals surface area contributed by atoms with Gasteiger partial charge in [0.05, 0.1) is 31.5 Å². The van der Waals surface area contributed by atoms with Crippen molar-refractivity contribution in [3.05, 3.63) is 39.8 Å². The van der Waals surface area contributed by atoms with Gasteiger partial charge in [-0.3, -0.25) is 4.79 Å². The number of aryl methyl sites for hydroxylation is 1. The number of hydrogen-bond acceptors (Lipinski definition) is 7. The Bertz CT molecular complexity index is 729. The van der Waals surface area contributed by atoms with Crippen molar-refractivity contribution in [2.75, 3.05) is 20.8 Å². The molecule has 0 saturated heterocycles. The smallest absolute Gasteiger partial charge is 0.343 e. The molecule has 0 bridgehead atoms. The second-order valence-corrected chi connectivity index (χ2v) is 5.83. The zero-order valence-electron chi connectivity index (χ0n) is 13.6. The first-order chi connectivity index (χ1) is 11.5. The first kappa shape index (κ1) is 17.7. The summed E-state index contributed by atoms with van der Waals surface area (Å²) in [5.74, 6) is -0.0402. The van der Waals surface area contributed by atoms with Crippen LogP contribution in [0, 0.1) is 6.92 Å². The van der Waals surface area contributed by atoms with Crippen LogP contribution in [0.1, 0.15) is 21.1 Å². The highest BCUT2D eigenvalue weighted by atomic mass is 32.1. The number of hydrogen-bond donors (Lipinski definition) is 1. The van der Waals surface area contributed by atoms with Gasteiger partial charge in [0.25, 0.3) is 5.91 Å². The SMILES string of the molecule is COC(=O)COc1ccc(C(=O)NCc2csc(C)n2)cc1OC. The van der Waals surface area contributed by atoms with Gasteiger partial charge in [-0.2, -0.15) is 0 Å². The number of thiazole rings is 1. The van der Waals surface area contributed by atoms with Crippen molar-refractivity contribution >= 4 is 23.2 Å². The van der Waals surface area contributed by atoms with E-state index in [2.05, 4.69) is 15.0 Å². The van der Waals surface area contributed by atoms with E-state index in [0.717, 1.165) is 10.7 Å². The fraction of sp³-hybridized carbons (Fsp3) is 0.312. The number of methoxy groups -OCH3 is 2. The number of rotatable bonds is 7. The minimum absolute atomic E-state index is 0.235. The monoisotopic (exact) mass is 350 g/mol. The van der Waals surface area contributed by atoms with E-state index in [-0.39, 0.29) is 12.5 Å². The molecule has 128 valence electrons. The number of aromatic nitrogens is 1. The topological polar surface area (TPSA) is 86.8 Å². The van der Waals surface area contributed by atoms with Crippen molar-refractivity contribution in [2.45, 2.75) is 13.5 Å². The predicted octanol–water partition coefficient (Wildman–Crippen LogP) is 1.94. The Morgan fingerprint density at radius 2 is 2.04 bits per heavy atom. The van der Waals surface area contributed by atoms with E-state index < -0.39 is 5.97 Å². The number of carbonyl (C=O) groups is 2. The molecule has 2 aromatic rings. The summed E-state index contributed by atoms with van der Waals surface area (Å²) in [6, 6.07) is 4.72. The molecule has 0 saturated carbocycles. The lowest BCUT2D eigenvalue weighted by Gasteiger charge is -2.11. The third-order valence-corrected chi connectivity index (χ3v) is 3.92. The number of amides is 1. The van der Waals surface area contributed by atoms with Crippen LogP contribution in [0.2, 0.25) is 0 Å². The lowest BCUT2D eigenvalue weighted by atomic mass is 10.2. The molecule has 0 spiro atoms. The lowest BCUT2D eigenvalue weighted by Crippen LogP contribution is -2.23. The third kappa shape index (κ3) is 4.69. The van der Waals surface area contributed by atoms with E-state index in [1.807, 2.05) is 12.3 Å². The Morgan fingerprint density at radius 1 is 1.25 bits per heavy atom. The second kappa shape index (κ2) is 8.30. The van der Waals surface area contributed by atoms with E-state index in [1.165, 1.54) is 25.6 Å². The summed E-state index contributed by atoms with van der Waals surface area (Å²) in [5, 5.41) is 5.65. The van der Waals surface area contributed by atoms with Crippen molar-refractivity contribution in [1.82, 2.24) is 10.3 Å². The first-order valence-corrected chi connectivity index (χ1v) is 7.98. The summed E-state index contributed by atoms with van der Waals surface area (Å²) in [7, 11) is 2.74. The molecule has 2 rings (SSSR count). The maximum atomic E-state index is 12.2. The van der Waals surface area contributed by atoms with Gasteiger partial charge >= 0.3 is 5.97 Å². The Hall–Kier alpha value is -2.61. The predicted molar refractivity (Wildman–Crippen MR) is 88.5 cm³/mol. The molecule has 8 heteroatoms. The number of carbonyl (C=O) groups excluding carboxylic acids is 2. The third-order valence-electron chi connectivity index (χ3n) is 3.10. The molecule has 1 aromatic carbocycles. The van der Waals surface area contributed by atoms with Crippen molar-refractivity contribution in [2.24, 2.45) is 0 Å². The molecular formula is C16H18N2O5S. The molecule has 0 unspecified atom stereocenters. The van der Waals surface area contributed by atoms with Crippen LogP contribution in [0.4, 0.5) is 0 Å². The molecule has 1 heterocycles. The van der Waals surface area contributed by atoms with Crippen LogP contribution in [-0.2, 0) is 16.1 Å². The Labute approximate surface area is 143 Å². The van der Waals surface area contributed by atoms with Crippen LogP contribution in [0.5, 0.6) is 11.5 Å². The zero-order chi connectivity index (χ0) is 17.5. The van der Waals surface area contributed by atoms with Gasteiger partial charge in [-0.15, -0.1) is 11.3 Å². The van der Waals surface area contributed by atoms with Crippen LogP contribution >= 0.6 is 11.3 Å². The average molecular weight is 350 g/mol. The van der Waals surface area contributed by atoms with Crippen LogP contribution in [0.25, 0.3) is 0 Å². The number of ether oxygens (including phenoxy) is 3. The largest absolute Gasteiger partial charge is 0.493 e. The molecule has 0 aliphatic heterocycles. The molecule has 1 amide bonds. The number of esters is 1. The minimum Gasteiger partial charge on any atom is -0.493 e. The van der Waals surface area contributed by atoms with Gasteiger partial charge < -0.3 is 19.5 Å². The Kier molecular flexibility index (Phi) is 6.14. The average Bonchev–Trinajstić information content (AvgIpc) is 3.02. The molecule has 1 aromatic heterocycles. The maximum Gasteiger partial charge on any atom is 0.343 e. The van der Waals surface area contributed by atoms with Gasteiger partial charge in [-0.1, -0.05) is 0 Å². The summed E-state index contributed by atoms with van der Waals surface area (Å²) in [4.78, 5) is 27.6. The summed E-state index contributed by atoms with van der Waals surface area (Å²) in [5.41, 5.74) is 1.24. The quantitative estimate of drug-likeness (QED) is 0.768. The molecule has 0 atom stereocenters. The highest BCUT2D eigenvalue weighted by molar-refractivity contribution is 7.09. The van der Waals surface area contributed by atoms with Crippen molar-refractivity contribution in [3.8, 4) is 11.5 Å². The number of nitrogens with one attached hydrogen (secondary N) is 1. The summed E-state index contributed by atoms with van der Waals surface area (Å²) in [6.45, 7) is 2.03. The van der Waals surface area contributed by atoms with Gasteiger partial charge in [0.1, 0.15) is 0 Å². The fourth-order valence-electron chi connectivity index (χ4n) is 1.89. The Morgan fingerprint density at radius 3 is 2.67 bits per heavy atom. The molecule has 0 radical (unpaired) electrons. The molecule has 0 aliphatic rings. The lowest BCUT2D eigenvalue weighted by molar-refractivity contribution is -0.142. The summed E-state index contributed by atoms with van der Waals surface area (Å²) >= 11 is 1.53. The van der Waals surface area contributed by atoms with Gasteiger partial charge in [-0.25, -0.2) is 9.78 Å². The molecule has 0 fully saturated rings. The van der Waals surface area contributed by atoms with E-state index in [4.69, 9.17) is 9.47 Å². The summed E-state index contributed by atoms with van der Waals surface area (Å²) in [6.07, 6.45) is 0. The zero-order valence-corrected chi connectivity index (χ0v) is 14.4. The van der Waals surface area contributed by atoms with Crippen LogP contribution in [-0.4, -0.2) is 37.7 Å². The highest BCUT2D eigenvalue weighted by Crippen LogP contribution is 2.28. The van der Waals surface area contributed by atoms with E-state index >= 15 is 0 Å². The number of benzene rings is 1. The van der Waals surface area contributed by atoms with Gasteiger partial charge in [0.15, 0.2) is 18.1 Å². The molecule has 24 heavy (non-hydrogen) atoms. The molecule has 0 aliphatic carbocycles. The minimum atomic E-state index is -0.502. The fourth-order valence-corrected chi connectivity index (χ4v) is 2.50. The normalized spacial score (nSPS) is 10.1. The highest BCUT2D eigenvalue weighted by Gasteiger charge is 2.13. The van der Waals surface area contributed by atoms with E-state index in [9.17, 15) is 9.59 Å². The molecular weight excluding hydrogens is 332 g/mol. The van der Waals surface area contributed by atoms with E-state index in [0.29, 0.717) is 23.6 Å². The van der Waals surface area contributed by atoms with Gasteiger partial charge in [0.2, 0.25) is 0 Å². The van der Waals surface area contributed by atoms with Crippen molar-refractivity contribution in [1.29, 1.82) is 0 Å². The van der Waals surface area contributed by atoms with Crippen LogP contribution in [0.15, 0.2) is 23.6 Å².